The summed E-state index contributed by atoms with van der Waals surface area (Å²) in [6, 6.07) is 19.7. The van der Waals surface area contributed by atoms with Gasteiger partial charge in [0.15, 0.2) is 11.2 Å². The second kappa shape index (κ2) is 6.17. The average Bonchev–Trinajstić information content (AvgIpc) is 3.22. The van der Waals surface area contributed by atoms with Crippen molar-refractivity contribution < 1.29 is 4.42 Å². The van der Waals surface area contributed by atoms with Crippen LogP contribution in [0.1, 0.15) is 0 Å². The summed E-state index contributed by atoms with van der Waals surface area (Å²) < 4.78 is 5.82. The van der Waals surface area contributed by atoms with Gasteiger partial charge >= 0.3 is 0 Å². The molecule has 0 aliphatic heterocycles. The first kappa shape index (κ1) is 15.8. The number of fused-ring (bicyclic) bond motifs is 3. The highest BCUT2D eigenvalue weighted by Gasteiger charge is 2.11. The van der Waals surface area contributed by atoms with E-state index in [1.54, 1.807) is 12.4 Å². The summed E-state index contributed by atoms with van der Waals surface area (Å²) >= 11 is 0. The van der Waals surface area contributed by atoms with Crippen LogP contribution in [-0.2, 0) is 0 Å². The van der Waals surface area contributed by atoms with E-state index in [0.29, 0.717) is 17.2 Å². The maximum absolute atomic E-state index is 5.82. The lowest BCUT2D eigenvalue weighted by Crippen LogP contribution is -1.90. The fraction of sp³-hybridized carbons (Fsp3) is 0. The standard InChI is InChI=1S/C23H13N5O/c1-2-4-21-18(3-1)28-23(29-21)19-8-6-15-11-16(13-26-22(15)27-19)14-5-7-17-20(12-14)25-10-9-24-17/h1-13H. The SMILES string of the molecule is c1ccc2oc(-c3ccc4cc(-c5ccc6nccnc6c5)cnc4n3)nc2c1. The van der Waals surface area contributed by atoms with Gasteiger partial charge in [-0.25, -0.2) is 15.0 Å². The van der Waals surface area contributed by atoms with E-state index in [4.69, 9.17) is 4.42 Å². The number of hydrogen-bond acceptors (Lipinski definition) is 6. The number of para-hydroxylation sites is 2. The Kier molecular flexibility index (Phi) is 3.37. The summed E-state index contributed by atoms with van der Waals surface area (Å²) in [6.07, 6.45) is 5.21. The topological polar surface area (TPSA) is 77.6 Å². The number of oxazole rings is 1. The van der Waals surface area contributed by atoms with Crippen molar-refractivity contribution in [3.05, 3.63) is 79.3 Å². The Morgan fingerprint density at radius 2 is 1.55 bits per heavy atom. The highest BCUT2D eigenvalue weighted by Crippen LogP contribution is 2.27. The van der Waals surface area contributed by atoms with Crippen LogP contribution < -0.4 is 0 Å². The van der Waals surface area contributed by atoms with E-state index in [9.17, 15) is 0 Å². The third kappa shape index (κ3) is 2.70. The summed E-state index contributed by atoms with van der Waals surface area (Å²) in [6.45, 7) is 0. The van der Waals surface area contributed by atoms with E-state index in [1.165, 1.54) is 0 Å². The van der Waals surface area contributed by atoms with Crippen LogP contribution in [0.4, 0.5) is 0 Å². The van der Waals surface area contributed by atoms with Gasteiger partial charge in [-0.05, 0) is 48.0 Å². The Morgan fingerprint density at radius 1 is 0.655 bits per heavy atom. The van der Waals surface area contributed by atoms with Crippen molar-refractivity contribution in [3.63, 3.8) is 0 Å². The molecule has 0 radical (unpaired) electrons. The molecule has 0 spiro atoms. The van der Waals surface area contributed by atoms with Crippen LogP contribution in [0.15, 0.2) is 83.7 Å². The van der Waals surface area contributed by atoms with Gasteiger partial charge in [0.1, 0.15) is 11.2 Å². The Balaban J connectivity index is 1.42. The lowest BCUT2D eigenvalue weighted by Gasteiger charge is -2.05. The van der Waals surface area contributed by atoms with Gasteiger partial charge in [0.25, 0.3) is 0 Å². The van der Waals surface area contributed by atoms with Gasteiger partial charge in [-0.15, -0.1) is 0 Å². The second-order valence-electron chi connectivity index (χ2n) is 6.71. The van der Waals surface area contributed by atoms with E-state index in [1.807, 2.05) is 60.8 Å². The number of aromatic nitrogens is 5. The van der Waals surface area contributed by atoms with Crippen molar-refractivity contribution in [2.75, 3.05) is 0 Å². The van der Waals surface area contributed by atoms with E-state index in [0.717, 1.165) is 38.6 Å². The second-order valence-corrected chi connectivity index (χ2v) is 6.71. The molecule has 29 heavy (non-hydrogen) atoms. The zero-order valence-electron chi connectivity index (χ0n) is 15.1. The Labute approximate surface area is 164 Å². The fourth-order valence-electron chi connectivity index (χ4n) is 3.41. The molecule has 2 aromatic carbocycles. The van der Waals surface area contributed by atoms with E-state index >= 15 is 0 Å². The zero-order valence-corrected chi connectivity index (χ0v) is 15.1. The quantitative estimate of drug-likeness (QED) is 0.421. The molecular weight excluding hydrogens is 362 g/mol. The predicted molar refractivity (Wildman–Crippen MR) is 111 cm³/mol. The van der Waals surface area contributed by atoms with E-state index < -0.39 is 0 Å². The summed E-state index contributed by atoms with van der Waals surface area (Å²) in [5.41, 5.74) is 6.63. The van der Waals surface area contributed by atoms with Crippen LogP contribution in [-0.4, -0.2) is 24.9 Å². The highest BCUT2D eigenvalue weighted by molar-refractivity contribution is 5.86. The Morgan fingerprint density at radius 3 is 2.48 bits per heavy atom. The largest absolute Gasteiger partial charge is 0.435 e. The van der Waals surface area contributed by atoms with Crippen LogP contribution in [0.3, 0.4) is 0 Å². The average molecular weight is 375 g/mol. The first-order valence-corrected chi connectivity index (χ1v) is 9.17. The maximum atomic E-state index is 5.82. The number of hydrogen-bond donors (Lipinski definition) is 0. The minimum atomic E-state index is 0.493. The molecule has 0 saturated heterocycles. The van der Waals surface area contributed by atoms with Crippen LogP contribution in [0.5, 0.6) is 0 Å². The van der Waals surface area contributed by atoms with Gasteiger partial charge in [0, 0.05) is 29.5 Å². The molecule has 6 aromatic rings. The molecule has 0 amide bonds. The molecule has 0 atom stereocenters. The molecule has 4 heterocycles. The molecule has 136 valence electrons. The Hall–Kier alpha value is -4.19. The molecule has 0 bridgehead atoms. The smallest absolute Gasteiger partial charge is 0.246 e. The minimum Gasteiger partial charge on any atom is -0.435 e. The predicted octanol–water partition coefficient (Wildman–Crippen LogP) is 5.05. The van der Waals surface area contributed by atoms with Crippen LogP contribution in [0.25, 0.3) is 55.9 Å². The first-order chi connectivity index (χ1) is 14.3. The molecule has 0 saturated carbocycles. The molecule has 4 aromatic heterocycles. The lowest BCUT2D eigenvalue weighted by atomic mass is 10.1. The molecular formula is C23H13N5O. The van der Waals surface area contributed by atoms with Crippen molar-refractivity contribution >= 4 is 33.2 Å². The molecule has 0 N–H and O–H groups in total. The molecule has 6 heteroatoms. The van der Waals surface area contributed by atoms with Crippen molar-refractivity contribution in [3.8, 4) is 22.7 Å². The van der Waals surface area contributed by atoms with Crippen LogP contribution in [0, 0.1) is 0 Å². The van der Waals surface area contributed by atoms with Gasteiger partial charge in [-0.3, -0.25) is 9.97 Å². The zero-order chi connectivity index (χ0) is 19.2. The van der Waals surface area contributed by atoms with E-state index in [2.05, 4.69) is 31.0 Å². The van der Waals surface area contributed by atoms with Crippen LogP contribution >= 0.6 is 0 Å². The number of pyridine rings is 2. The third-order valence-corrected chi connectivity index (χ3v) is 4.86. The minimum absolute atomic E-state index is 0.493. The molecule has 0 unspecified atom stereocenters. The van der Waals surface area contributed by atoms with Gasteiger partial charge < -0.3 is 4.42 Å². The number of rotatable bonds is 2. The molecule has 6 nitrogen and oxygen atoms in total. The number of nitrogens with zero attached hydrogens (tertiary/aromatic N) is 5. The van der Waals surface area contributed by atoms with Crippen molar-refractivity contribution in [1.82, 2.24) is 24.9 Å². The lowest BCUT2D eigenvalue weighted by molar-refractivity contribution is 0.617. The monoisotopic (exact) mass is 375 g/mol. The highest BCUT2D eigenvalue weighted by atomic mass is 16.3. The molecule has 0 fully saturated rings. The normalized spacial score (nSPS) is 11.4. The first-order valence-electron chi connectivity index (χ1n) is 9.17. The van der Waals surface area contributed by atoms with Gasteiger partial charge in [-0.2, -0.15) is 0 Å². The van der Waals surface area contributed by atoms with Crippen molar-refractivity contribution in [1.29, 1.82) is 0 Å². The van der Waals surface area contributed by atoms with Crippen molar-refractivity contribution in [2.45, 2.75) is 0 Å². The molecule has 6 rings (SSSR count). The third-order valence-electron chi connectivity index (χ3n) is 4.86. The summed E-state index contributed by atoms with van der Waals surface area (Å²) in [5.74, 6) is 0.493. The van der Waals surface area contributed by atoms with E-state index in [-0.39, 0.29) is 0 Å². The molecule has 0 aliphatic rings. The summed E-state index contributed by atoms with van der Waals surface area (Å²) in [5, 5.41) is 0.946. The molecule has 0 aliphatic carbocycles. The van der Waals surface area contributed by atoms with Gasteiger partial charge in [0.2, 0.25) is 5.89 Å². The summed E-state index contributed by atoms with van der Waals surface area (Å²) in [7, 11) is 0. The van der Waals surface area contributed by atoms with Gasteiger partial charge in [0.05, 0.1) is 11.0 Å². The van der Waals surface area contributed by atoms with Crippen LogP contribution in [0.2, 0.25) is 0 Å². The maximum Gasteiger partial charge on any atom is 0.246 e. The summed E-state index contributed by atoms with van der Waals surface area (Å²) in [4.78, 5) is 22.4. The fourth-order valence-corrected chi connectivity index (χ4v) is 3.41. The van der Waals surface area contributed by atoms with Gasteiger partial charge in [-0.1, -0.05) is 18.2 Å². The van der Waals surface area contributed by atoms with Crippen molar-refractivity contribution in [2.24, 2.45) is 0 Å². The number of benzene rings is 2. The Bertz CT molecular complexity index is 1490.